The maximum absolute atomic E-state index is 13.8. The molecule has 0 spiro atoms. The molecular weight excluding hydrogens is 240 g/mol. The van der Waals surface area contributed by atoms with Crippen molar-refractivity contribution in [2.75, 3.05) is 19.8 Å². The Morgan fingerprint density at radius 2 is 2.22 bits per heavy atom. The van der Waals surface area contributed by atoms with Crippen molar-refractivity contribution in [3.05, 3.63) is 35.4 Å². The summed E-state index contributed by atoms with van der Waals surface area (Å²) in [6.45, 7) is 2.32. The molecule has 18 heavy (non-hydrogen) atoms. The quantitative estimate of drug-likeness (QED) is 0.863. The van der Waals surface area contributed by atoms with Gasteiger partial charge in [0.2, 0.25) is 0 Å². The zero-order chi connectivity index (χ0) is 13.4. The zero-order valence-electron chi connectivity index (χ0n) is 10.2. The number of hydrogen-bond donors (Lipinski definition) is 2. The molecule has 3 N–H and O–H groups in total. The lowest BCUT2D eigenvalue weighted by molar-refractivity contribution is -0.0773. The van der Waals surface area contributed by atoms with E-state index in [1.165, 1.54) is 19.1 Å². The van der Waals surface area contributed by atoms with Crippen molar-refractivity contribution < 1.29 is 18.6 Å². The molecule has 0 radical (unpaired) electrons. The lowest BCUT2D eigenvalue weighted by atomic mass is 9.68. The second kappa shape index (κ2) is 4.57. The third-order valence-corrected chi connectivity index (χ3v) is 4.00. The van der Waals surface area contributed by atoms with Crippen LogP contribution in [0, 0.1) is 17.0 Å². The SMILES string of the molecule is CC(O)(c1cccc(F)c1F)C1(CN)CCOC1. The molecule has 0 aliphatic carbocycles. The molecule has 2 atom stereocenters. The number of halogens is 2. The van der Waals surface area contributed by atoms with Gasteiger partial charge in [-0.3, -0.25) is 0 Å². The van der Waals surface area contributed by atoms with Crippen LogP contribution in [0.15, 0.2) is 18.2 Å². The Hall–Kier alpha value is -1.04. The number of aliphatic hydroxyl groups is 1. The Labute approximate surface area is 105 Å². The van der Waals surface area contributed by atoms with Crippen LogP contribution >= 0.6 is 0 Å². The molecule has 3 nitrogen and oxygen atoms in total. The molecule has 1 heterocycles. The maximum Gasteiger partial charge on any atom is 0.164 e. The van der Waals surface area contributed by atoms with Crippen LogP contribution in [0.2, 0.25) is 0 Å². The van der Waals surface area contributed by atoms with Crippen molar-refractivity contribution in [2.45, 2.75) is 18.9 Å². The van der Waals surface area contributed by atoms with Crippen LogP contribution in [0.5, 0.6) is 0 Å². The van der Waals surface area contributed by atoms with Gasteiger partial charge in [-0.25, -0.2) is 8.78 Å². The molecule has 0 aromatic heterocycles. The first-order valence-electron chi connectivity index (χ1n) is 5.89. The van der Waals surface area contributed by atoms with Crippen LogP contribution in [-0.2, 0) is 10.3 Å². The van der Waals surface area contributed by atoms with Crippen molar-refractivity contribution in [1.29, 1.82) is 0 Å². The predicted molar refractivity (Wildman–Crippen MR) is 62.9 cm³/mol. The Morgan fingerprint density at radius 3 is 2.78 bits per heavy atom. The molecule has 1 aromatic carbocycles. The standard InChI is InChI=1S/C13H17F2NO2/c1-12(17,13(7-16)5-6-18-8-13)9-3-2-4-10(14)11(9)15/h2-4,17H,5-8,16H2,1H3. The van der Waals surface area contributed by atoms with Gasteiger partial charge in [-0.1, -0.05) is 12.1 Å². The van der Waals surface area contributed by atoms with Gasteiger partial charge in [0.25, 0.3) is 0 Å². The number of nitrogens with two attached hydrogens (primary N) is 1. The first-order valence-corrected chi connectivity index (χ1v) is 5.89. The summed E-state index contributed by atoms with van der Waals surface area (Å²) in [6.07, 6.45) is 0.520. The van der Waals surface area contributed by atoms with E-state index in [9.17, 15) is 13.9 Å². The molecule has 2 unspecified atom stereocenters. The maximum atomic E-state index is 13.8. The number of ether oxygens (including phenoxy) is 1. The molecule has 1 saturated heterocycles. The zero-order valence-corrected chi connectivity index (χ0v) is 10.2. The molecule has 1 aromatic rings. The second-order valence-corrected chi connectivity index (χ2v) is 4.96. The van der Waals surface area contributed by atoms with E-state index in [-0.39, 0.29) is 18.7 Å². The van der Waals surface area contributed by atoms with E-state index in [2.05, 4.69) is 0 Å². The third-order valence-electron chi connectivity index (χ3n) is 4.00. The summed E-state index contributed by atoms with van der Waals surface area (Å²) in [4.78, 5) is 0. The summed E-state index contributed by atoms with van der Waals surface area (Å²) in [5.74, 6) is -2.00. The van der Waals surface area contributed by atoms with Crippen LogP contribution in [-0.4, -0.2) is 24.9 Å². The summed E-state index contributed by atoms with van der Waals surface area (Å²) in [5.41, 5.74) is 3.31. The molecule has 0 amide bonds. The number of hydrogen-bond acceptors (Lipinski definition) is 3. The van der Waals surface area contributed by atoms with Crippen LogP contribution in [0.1, 0.15) is 18.9 Å². The lowest BCUT2D eigenvalue weighted by Crippen LogP contribution is -2.49. The highest BCUT2D eigenvalue weighted by Gasteiger charge is 2.51. The fraction of sp³-hybridized carbons (Fsp3) is 0.538. The first-order chi connectivity index (χ1) is 8.44. The average molecular weight is 257 g/mol. The van der Waals surface area contributed by atoms with Gasteiger partial charge >= 0.3 is 0 Å². The summed E-state index contributed by atoms with van der Waals surface area (Å²) in [6, 6.07) is 3.78. The van der Waals surface area contributed by atoms with Crippen molar-refractivity contribution in [3.63, 3.8) is 0 Å². The summed E-state index contributed by atoms with van der Waals surface area (Å²) < 4.78 is 32.4. The monoisotopic (exact) mass is 257 g/mol. The highest BCUT2D eigenvalue weighted by atomic mass is 19.2. The smallest absolute Gasteiger partial charge is 0.164 e. The minimum absolute atomic E-state index is 0.0709. The fourth-order valence-electron chi connectivity index (χ4n) is 2.52. The Balaban J connectivity index is 2.50. The van der Waals surface area contributed by atoms with Crippen molar-refractivity contribution >= 4 is 0 Å². The third kappa shape index (κ3) is 1.83. The summed E-state index contributed by atoms with van der Waals surface area (Å²) >= 11 is 0. The summed E-state index contributed by atoms with van der Waals surface area (Å²) in [5, 5.41) is 10.7. The van der Waals surface area contributed by atoms with E-state index in [4.69, 9.17) is 10.5 Å². The number of rotatable bonds is 3. The minimum Gasteiger partial charge on any atom is -0.385 e. The van der Waals surface area contributed by atoms with Gasteiger partial charge in [0, 0.05) is 24.1 Å². The van der Waals surface area contributed by atoms with E-state index < -0.39 is 22.7 Å². The molecular formula is C13H17F2NO2. The fourth-order valence-corrected chi connectivity index (χ4v) is 2.52. The predicted octanol–water partition coefficient (Wildman–Crippen LogP) is 1.54. The Bertz CT molecular complexity index is 443. The van der Waals surface area contributed by atoms with E-state index in [0.29, 0.717) is 13.0 Å². The van der Waals surface area contributed by atoms with Gasteiger partial charge in [-0.2, -0.15) is 0 Å². The molecule has 100 valence electrons. The number of benzene rings is 1. The normalized spacial score (nSPS) is 27.2. The Morgan fingerprint density at radius 1 is 1.50 bits per heavy atom. The van der Waals surface area contributed by atoms with Gasteiger partial charge in [-0.15, -0.1) is 0 Å². The van der Waals surface area contributed by atoms with Crippen molar-refractivity contribution in [3.8, 4) is 0 Å². The highest BCUT2D eigenvalue weighted by Crippen LogP contribution is 2.45. The Kier molecular flexibility index (Phi) is 3.40. The second-order valence-electron chi connectivity index (χ2n) is 4.96. The molecule has 1 aliphatic rings. The van der Waals surface area contributed by atoms with Gasteiger partial charge in [0.05, 0.1) is 12.2 Å². The lowest BCUT2D eigenvalue weighted by Gasteiger charge is -2.41. The van der Waals surface area contributed by atoms with Gasteiger partial charge in [-0.05, 0) is 19.4 Å². The largest absolute Gasteiger partial charge is 0.385 e. The molecule has 1 fully saturated rings. The van der Waals surface area contributed by atoms with Gasteiger partial charge < -0.3 is 15.6 Å². The highest BCUT2D eigenvalue weighted by molar-refractivity contribution is 5.28. The van der Waals surface area contributed by atoms with Gasteiger partial charge in [0.15, 0.2) is 11.6 Å². The van der Waals surface area contributed by atoms with E-state index in [1.807, 2.05) is 0 Å². The van der Waals surface area contributed by atoms with Gasteiger partial charge in [0.1, 0.15) is 0 Å². The van der Waals surface area contributed by atoms with Crippen LogP contribution in [0.25, 0.3) is 0 Å². The summed E-state index contributed by atoms with van der Waals surface area (Å²) in [7, 11) is 0. The molecule has 5 heteroatoms. The van der Waals surface area contributed by atoms with E-state index >= 15 is 0 Å². The van der Waals surface area contributed by atoms with Crippen molar-refractivity contribution in [1.82, 2.24) is 0 Å². The van der Waals surface area contributed by atoms with Crippen LogP contribution in [0.3, 0.4) is 0 Å². The average Bonchev–Trinajstić information content (AvgIpc) is 2.82. The van der Waals surface area contributed by atoms with E-state index in [1.54, 1.807) is 0 Å². The molecule has 0 saturated carbocycles. The van der Waals surface area contributed by atoms with Crippen LogP contribution in [0.4, 0.5) is 8.78 Å². The first kappa shape index (κ1) is 13.4. The van der Waals surface area contributed by atoms with Crippen LogP contribution < -0.4 is 5.73 Å². The molecule has 1 aliphatic heterocycles. The van der Waals surface area contributed by atoms with E-state index in [0.717, 1.165) is 6.07 Å². The minimum atomic E-state index is -1.57. The topological polar surface area (TPSA) is 55.5 Å². The molecule has 0 bridgehead atoms. The van der Waals surface area contributed by atoms with Crippen molar-refractivity contribution in [2.24, 2.45) is 11.1 Å². The molecule has 2 rings (SSSR count).